The van der Waals surface area contributed by atoms with Crippen molar-refractivity contribution in [3.8, 4) is 0 Å². The van der Waals surface area contributed by atoms with E-state index in [0.717, 1.165) is 0 Å². The molecule has 2 unspecified atom stereocenters. The van der Waals surface area contributed by atoms with Crippen molar-refractivity contribution in [2.75, 3.05) is 7.11 Å². The molecule has 0 aromatic heterocycles. The van der Waals surface area contributed by atoms with Gasteiger partial charge >= 0.3 is 0 Å². The van der Waals surface area contributed by atoms with Crippen LogP contribution in [0.2, 0.25) is 0 Å². The van der Waals surface area contributed by atoms with Crippen molar-refractivity contribution in [3.63, 3.8) is 0 Å². The van der Waals surface area contributed by atoms with Crippen LogP contribution in [0.3, 0.4) is 0 Å². The van der Waals surface area contributed by atoms with Gasteiger partial charge in [-0.15, -0.1) is 0 Å². The van der Waals surface area contributed by atoms with E-state index in [1.807, 2.05) is 0 Å². The second-order valence-electron chi connectivity index (χ2n) is 1.94. The van der Waals surface area contributed by atoms with Crippen LogP contribution in [0.1, 0.15) is 6.92 Å². The van der Waals surface area contributed by atoms with Crippen molar-refractivity contribution >= 4 is 0 Å². The van der Waals surface area contributed by atoms with Crippen LogP contribution in [0.15, 0.2) is 0 Å². The molecule has 0 aliphatic rings. The Morgan fingerprint density at radius 1 is 1.44 bits per heavy atom. The van der Waals surface area contributed by atoms with E-state index in [1.54, 1.807) is 0 Å². The predicted molar refractivity (Wildman–Crippen MR) is 32.7 cm³/mol. The van der Waals surface area contributed by atoms with Crippen LogP contribution in [-0.2, 0) is 4.74 Å². The Morgan fingerprint density at radius 3 is 2.00 bits per heavy atom. The lowest BCUT2D eigenvalue weighted by atomic mass is 10.2. The van der Waals surface area contributed by atoms with Crippen LogP contribution in [0.25, 0.3) is 0 Å². The van der Waals surface area contributed by atoms with Gasteiger partial charge in [0.1, 0.15) is 0 Å². The van der Waals surface area contributed by atoms with Gasteiger partial charge in [-0.2, -0.15) is 0 Å². The highest BCUT2D eigenvalue weighted by atomic mass is 16.6. The van der Waals surface area contributed by atoms with Crippen LogP contribution in [0.4, 0.5) is 0 Å². The average Bonchev–Trinajstić information content (AvgIpc) is 1.84. The van der Waals surface area contributed by atoms with E-state index in [2.05, 4.69) is 4.74 Å². The van der Waals surface area contributed by atoms with Crippen molar-refractivity contribution in [3.05, 3.63) is 0 Å². The van der Waals surface area contributed by atoms with Crippen molar-refractivity contribution in [2.24, 2.45) is 5.73 Å². The Morgan fingerprint density at radius 2 is 1.89 bits per heavy atom. The number of methoxy groups -OCH3 is 1. The molecule has 0 radical (unpaired) electrons. The number of hydrogen-bond donors (Lipinski definition) is 3. The molecule has 0 saturated heterocycles. The fraction of sp³-hybridized carbons (Fsp3) is 1.00. The lowest BCUT2D eigenvalue weighted by Gasteiger charge is -2.19. The van der Waals surface area contributed by atoms with Crippen molar-refractivity contribution in [1.82, 2.24) is 0 Å². The molecule has 0 bridgehead atoms. The summed E-state index contributed by atoms with van der Waals surface area (Å²) in [6, 6.07) is -0.727. The number of aliphatic hydroxyl groups is 2. The maximum absolute atomic E-state index is 8.79. The standard InChI is InChI=1S/C5H13NO3/c1-3(7)4(6)5(8)9-2/h3-5,7-8H,6H2,1-2H3/t3-,4?,5?/m1/s1. The summed E-state index contributed by atoms with van der Waals surface area (Å²) >= 11 is 0. The highest BCUT2D eigenvalue weighted by Crippen LogP contribution is 1.95. The van der Waals surface area contributed by atoms with Crippen molar-refractivity contribution in [2.45, 2.75) is 25.4 Å². The number of aliphatic hydroxyl groups excluding tert-OH is 2. The smallest absolute Gasteiger partial charge is 0.171 e. The zero-order chi connectivity index (χ0) is 7.44. The normalized spacial score (nSPS) is 21.0. The molecule has 4 N–H and O–H groups in total. The fourth-order valence-electron chi connectivity index (χ4n) is 0.395. The van der Waals surface area contributed by atoms with Gasteiger partial charge < -0.3 is 20.7 Å². The van der Waals surface area contributed by atoms with Gasteiger partial charge in [0.15, 0.2) is 6.29 Å². The van der Waals surface area contributed by atoms with E-state index in [-0.39, 0.29) is 0 Å². The second kappa shape index (κ2) is 3.79. The van der Waals surface area contributed by atoms with Gasteiger partial charge in [-0.25, -0.2) is 0 Å². The molecule has 3 atom stereocenters. The number of nitrogens with two attached hydrogens (primary N) is 1. The van der Waals surface area contributed by atoms with Crippen molar-refractivity contribution in [1.29, 1.82) is 0 Å². The molecule has 0 rings (SSSR count). The van der Waals surface area contributed by atoms with Crippen LogP contribution in [0.5, 0.6) is 0 Å². The molecule has 0 aromatic carbocycles. The topological polar surface area (TPSA) is 75.7 Å². The summed E-state index contributed by atoms with van der Waals surface area (Å²) in [5.74, 6) is 0. The minimum atomic E-state index is -1.08. The third-order valence-electron chi connectivity index (χ3n) is 1.13. The maximum atomic E-state index is 8.79. The van der Waals surface area contributed by atoms with E-state index in [4.69, 9.17) is 15.9 Å². The first-order valence-corrected chi connectivity index (χ1v) is 2.74. The number of hydrogen-bond acceptors (Lipinski definition) is 4. The van der Waals surface area contributed by atoms with E-state index in [1.165, 1.54) is 14.0 Å². The van der Waals surface area contributed by atoms with E-state index in [0.29, 0.717) is 0 Å². The molecule has 0 aliphatic heterocycles. The lowest BCUT2D eigenvalue weighted by Crippen LogP contribution is -2.44. The third kappa shape index (κ3) is 2.76. The van der Waals surface area contributed by atoms with Crippen LogP contribution >= 0.6 is 0 Å². The van der Waals surface area contributed by atoms with Crippen LogP contribution < -0.4 is 5.73 Å². The summed E-state index contributed by atoms with van der Waals surface area (Å²) in [5, 5.41) is 17.5. The first-order chi connectivity index (χ1) is 4.09. The quantitative estimate of drug-likeness (QED) is 0.419. The molecular formula is C5H13NO3. The average molecular weight is 135 g/mol. The molecular weight excluding hydrogens is 122 g/mol. The lowest BCUT2D eigenvalue weighted by molar-refractivity contribution is -0.109. The molecule has 56 valence electrons. The van der Waals surface area contributed by atoms with Gasteiger partial charge in [-0.3, -0.25) is 0 Å². The van der Waals surface area contributed by atoms with Gasteiger partial charge in [-0.05, 0) is 6.92 Å². The number of ether oxygens (including phenoxy) is 1. The second-order valence-corrected chi connectivity index (χ2v) is 1.94. The Kier molecular flexibility index (Phi) is 3.72. The summed E-state index contributed by atoms with van der Waals surface area (Å²) in [6.45, 7) is 1.49. The molecule has 0 amide bonds. The van der Waals surface area contributed by atoms with Gasteiger partial charge in [0, 0.05) is 7.11 Å². The van der Waals surface area contributed by atoms with E-state index < -0.39 is 18.4 Å². The monoisotopic (exact) mass is 135 g/mol. The molecule has 0 saturated carbocycles. The van der Waals surface area contributed by atoms with Gasteiger partial charge in [-0.1, -0.05) is 0 Å². The zero-order valence-electron chi connectivity index (χ0n) is 5.61. The Bertz CT molecular complexity index is 76.6. The molecule has 0 aliphatic carbocycles. The maximum Gasteiger partial charge on any atom is 0.171 e. The first kappa shape index (κ1) is 8.84. The zero-order valence-corrected chi connectivity index (χ0v) is 5.61. The summed E-state index contributed by atoms with van der Waals surface area (Å²) in [5.41, 5.74) is 5.25. The largest absolute Gasteiger partial charge is 0.392 e. The Balaban J connectivity index is 3.58. The van der Waals surface area contributed by atoms with E-state index >= 15 is 0 Å². The molecule has 0 spiro atoms. The molecule has 9 heavy (non-hydrogen) atoms. The minimum Gasteiger partial charge on any atom is -0.392 e. The van der Waals surface area contributed by atoms with Gasteiger partial charge in [0.05, 0.1) is 12.1 Å². The van der Waals surface area contributed by atoms with Crippen LogP contribution in [0, 0.1) is 0 Å². The highest BCUT2D eigenvalue weighted by molar-refractivity contribution is 4.69. The first-order valence-electron chi connectivity index (χ1n) is 2.74. The molecule has 0 aromatic rings. The minimum absolute atomic E-state index is 0.727. The van der Waals surface area contributed by atoms with Gasteiger partial charge in [0.25, 0.3) is 0 Å². The number of rotatable bonds is 3. The summed E-state index contributed by atoms with van der Waals surface area (Å²) < 4.78 is 4.44. The summed E-state index contributed by atoms with van der Waals surface area (Å²) in [7, 11) is 1.33. The molecule has 4 heteroatoms. The fourth-order valence-corrected chi connectivity index (χ4v) is 0.395. The summed E-state index contributed by atoms with van der Waals surface area (Å²) in [4.78, 5) is 0. The third-order valence-corrected chi connectivity index (χ3v) is 1.13. The Labute approximate surface area is 54.2 Å². The molecule has 0 heterocycles. The highest BCUT2D eigenvalue weighted by Gasteiger charge is 2.18. The van der Waals surface area contributed by atoms with Gasteiger partial charge in [0.2, 0.25) is 0 Å². The van der Waals surface area contributed by atoms with Crippen LogP contribution in [-0.4, -0.2) is 35.8 Å². The van der Waals surface area contributed by atoms with Crippen molar-refractivity contribution < 1.29 is 14.9 Å². The molecule has 4 nitrogen and oxygen atoms in total. The van der Waals surface area contributed by atoms with E-state index in [9.17, 15) is 0 Å². The summed E-state index contributed by atoms with van der Waals surface area (Å²) in [6.07, 6.45) is -1.83. The predicted octanol–water partition coefficient (Wildman–Crippen LogP) is -1.34. The Hall–Kier alpha value is -0.160. The molecule has 0 fully saturated rings. The SMILES string of the molecule is COC(O)C(N)[C@@H](C)O.